The summed E-state index contributed by atoms with van der Waals surface area (Å²) >= 11 is 0. The molecule has 0 bridgehead atoms. The van der Waals surface area contributed by atoms with Crippen LogP contribution >= 0.6 is 0 Å². The first kappa shape index (κ1) is 15.2. The van der Waals surface area contributed by atoms with Gasteiger partial charge in [0, 0.05) is 19.1 Å². The van der Waals surface area contributed by atoms with Crippen LogP contribution in [0.3, 0.4) is 0 Å². The van der Waals surface area contributed by atoms with Crippen molar-refractivity contribution in [3.63, 3.8) is 0 Å². The van der Waals surface area contributed by atoms with E-state index < -0.39 is 0 Å². The Morgan fingerprint density at radius 2 is 1.77 bits per heavy atom. The van der Waals surface area contributed by atoms with Crippen LogP contribution in [-0.2, 0) is 17.7 Å². The first-order valence-electron chi connectivity index (χ1n) is 7.85. The first-order valence-corrected chi connectivity index (χ1v) is 7.85. The van der Waals surface area contributed by atoms with Gasteiger partial charge in [-0.15, -0.1) is 0 Å². The molecule has 22 heavy (non-hydrogen) atoms. The smallest absolute Gasteiger partial charge is 0.123 e. The maximum atomic E-state index is 13.0. The molecule has 0 unspecified atom stereocenters. The summed E-state index contributed by atoms with van der Waals surface area (Å²) in [5.41, 5.74) is 2.46. The van der Waals surface area contributed by atoms with Crippen molar-refractivity contribution in [1.29, 1.82) is 0 Å². The molecule has 0 N–H and O–H groups in total. The first-order chi connectivity index (χ1) is 10.7. The quantitative estimate of drug-likeness (QED) is 0.854. The molecule has 0 amide bonds. The van der Waals surface area contributed by atoms with Crippen LogP contribution in [-0.4, -0.2) is 30.2 Å². The standard InChI is InChI=1S/C19H22FNO/c1-15-14-22-19(11-16-7-9-18(20)10-8-16)13-21(15)12-17-5-3-2-4-6-17/h2-10,15,19H,11-14H2,1H3/t15-,19-/m0/s1. The van der Waals surface area contributed by atoms with Crippen molar-refractivity contribution in [3.05, 3.63) is 71.5 Å². The number of hydrogen-bond acceptors (Lipinski definition) is 2. The van der Waals surface area contributed by atoms with Crippen LogP contribution in [0.5, 0.6) is 0 Å². The highest BCUT2D eigenvalue weighted by Gasteiger charge is 2.26. The second kappa shape index (κ2) is 7.03. The highest BCUT2D eigenvalue weighted by Crippen LogP contribution is 2.18. The highest BCUT2D eigenvalue weighted by molar-refractivity contribution is 5.17. The van der Waals surface area contributed by atoms with Crippen LogP contribution in [0.4, 0.5) is 4.39 Å². The zero-order valence-corrected chi connectivity index (χ0v) is 12.9. The largest absolute Gasteiger partial charge is 0.375 e. The monoisotopic (exact) mass is 299 g/mol. The van der Waals surface area contributed by atoms with E-state index in [0.29, 0.717) is 6.04 Å². The van der Waals surface area contributed by atoms with Crippen molar-refractivity contribution in [2.45, 2.75) is 32.0 Å². The van der Waals surface area contributed by atoms with E-state index in [2.05, 4.69) is 36.1 Å². The SMILES string of the molecule is C[C@H]1CO[C@@H](Cc2ccc(F)cc2)CN1Cc1ccccc1. The van der Waals surface area contributed by atoms with E-state index in [1.165, 1.54) is 17.7 Å². The van der Waals surface area contributed by atoms with Gasteiger partial charge in [-0.3, -0.25) is 4.90 Å². The third-order valence-electron chi connectivity index (χ3n) is 4.24. The molecule has 0 aromatic heterocycles. The summed E-state index contributed by atoms with van der Waals surface area (Å²) in [5, 5.41) is 0. The summed E-state index contributed by atoms with van der Waals surface area (Å²) in [7, 11) is 0. The topological polar surface area (TPSA) is 12.5 Å². The average molecular weight is 299 g/mol. The van der Waals surface area contributed by atoms with Crippen LogP contribution in [0.15, 0.2) is 54.6 Å². The van der Waals surface area contributed by atoms with Crippen LogP contribution in [0.25, 0.3) is 0 Å². The van der Waals surface area contributed by atoms with Gasteiger partial charge in [-0.2, -0.15) is 0 Å². The Kier molecular flexibility index (Phi) is 4.86. The Morgan fingerprint density at radius 3 is 2.50 bits per heavy atom. The van der Waals surface area contributed by atoms with Crippen LogP contribution < -0.4 is 0 Å². The lowest BCUT2D eigenvalue weighted by atomic mass is 10.0. The molecule has 1 heterocycles. The fraction of sp³-hybridized carbons (Fsp3) is 0.368. The molecular weight excluding hydrogens is 277 g/mol. The lowest BCUT2D eigenvalue weighted by Crippen LogP contribution is -2.48. The van der Waals surface area contributed by atoms with Gasteiger partial charge in [0.1, 0.15) is 5.82 Å². The summed E-state index contributed by atoms with van der Waals surface area (Å²) in [6.45, 7) is 4.81. The summed E-state index contributed by atoms with van der Waals surface area (Å²) in [6.07, 6.45) is 1.00. The summed E-state index contributed by atoms with van der Waals surface area (Å²) in [5.74, 6) is -0.187. The maximum absolute atomic E-state index is 13.0. The molecule has 116 valence electrons. The highest BCUT2D eigenvalue weighted by atomic mass is 19.1. The van der Waals surface area contributed by atoms with Gasteiger partial charge >= 0.3 is 0 Å². The summed E-state index contributed by atoms with van der Waals surface area (Å²) in [6, 6.07) is 17.7. The minimum absolute atomic E-state index is 0.172. The fourth-order valence-electron chi connectivity index (χ4n) is 2.92. The van der Waals surface area contributed by atoms with Crippen molar-refractivity contribution in [3.8, 4) is 0 Å². The maximum Gasteiger partial charge on any atom is 0.123 e. The normalized spacial score (nSPS) is 22.6. The number of ether oxygens (including phenoxy) is 1. The van der Waals surface area contributed by atoms with Gasteiger partial charge in [-0.25, -0.2) is 4.39 Å². The van der Waals surface area contributed by atoms with E-state index >= 15 is 0 Å². The molecule has 0 spiro atoms. The van der Waals surface area contributed by atoms with Crippen LogP contribution in [0.1, 0.15) is 18.1 Å². The number of halogens is 1. The molecule has 1 aliphatic rings. The number of benzene rings is 2. The van der Waals surface area contributed by atoms with Gasteiger partial charge in [0.15, 0.2) is 0 Å². The Balaban J connectivity index is 1.61. The van der Waals surface area contributed by atoms with E-state index in [1.54, 1.807) is 0 Å². The zero-order chi connectivity index (χ0) is 15.4. The third-order valence-corrected chi connectivity index (χ3v) is 4.24. The van der Waals surface area contributed by atoms with E-state index in [4.69, 9.17) is 4.74 Å². The van der Waals surface area contributed by atoms with Crippen molar-refractivity contribution in [1.82, 2.24) is 4.90 Å². The minimum Gasteiger partial charge on any atom is -0.375 e. The number of rotatable bonds is 4. The Hall–Kier alpha value is -1.71. The molecule has 1 aliphatic heterocycles. The van der Waals surface area contributed by atoms with Gasteiger partial charge in [-0.1, -0.05) is 42.5 Å². The lowest BCUT2D eigenvalue weighted by molar-refractivity contribution is -0.0606. The fourth-order valence-corrected chi connectivity index (χ4v) is 2.92. The van der Waals surface area contributed by atoms with Crippen LogP contribution in [0, 0.1) is 5.82 Å². The lowest BCUT2D eigenvalue weighted by Gasteiger charge is -2.38. The van der Waals surface area contributed by atoms with E-state index in [-0.39, 0.29) is 11.9 Å². The van der Waals surface area contributed by atoms with Gasteiger partial charge in [0.25, 0.3) is 0 Å². The predicted molar refractivity (Wildman–Crippen MR) is 86.2 cm³/mol. The summed E-state index contributed by atoms with van der Waals surface area (Å²) in [4.78, 5) is 2.47. The predicted octanol–water partition coefficient (Wildman–Crippen LogP) is 3.66. The van der Waals surface area contributed by atoms with Gasteiger partial charge in [-0.05, 0) is 36.6 Å². The average Bonchev–Trinajstić information content (AvgIpc) is 2.54. The molecule has 3 heteroatoms. The molecular formula is C19H22FNO. The number of nitrogens with zero attached hydrogens (tertiary/aromatic N) is 1. The summed E-state index contributed by atoms with van der Waals surface area (Å²) < 4.78 is 18.9. The third kappa shape index (κ3) is 3.93. The Bertz CT molecular complexity index is 584. The molecule has 3 rings (SSSR count). The van der Waals surface area contributed by atoms with E-state index in [9.17, 15) is 4.39 Å². The van der Waals surface area contributed by atoms with Gasteiger partial charge < -0.3 is 4.74 Å². The molecule has 0 aliphatic carbocycles. The molecule has 2 nitrogen and oxygen atoms in total. The Morgan fingerprint density at radius 1 is 1.05 bits per heavy atom. The van der Waals surface area contributed by atoms with Crippen molar-refractivity contribution in [2.75, 3.05) is 13.2 Å². The van der Waals surface area contributed by atoms with Gasteiger partial charge in [0.2, 0.25) is 0 Å². The molecule has 1 saturated heterocycles. The molecule has 0 radical (unpaired) electrons. The van der Waals surface area contributed by atoms with Crippen molar-refractivity contribution >= 4 is 0 Å². The zero-order valence-electron chi connectivity index (χ0n) is 12.9. The van der Waals surface area contributed by atoms with Crippen molar-refractivity contribution in [2.24, 2.45) is 0 Å². The number of hydrogen-bond donors (Lipinski definition) is 0. The number of morpholine rings is 1. The van der Waals surface area contributed by atoms with Crippen molar-refractivity contribution < 1.29 is 9.13 Å². The second-order valence-corrected chi connectivity index (χ2v) is 6.05. The molecule has 1 fully saturated rings. The second-order valence-electron chi connectivity index (χ2n) is 6.05. The molecule has 2 aromatic carbocycles. The Labute approximate surface area is 131 Å². The minimum atomic E-state index is -0.187. The van der Waals surface area contributed by atoms with E-state index in [1.807, 2.05) is 18.2 Å². The molecule has 2 atom stereocenters. The van der Waals surface area contributed by atoms with Crippen LogP contribution in [0.2, 0.25) is 0 Å². The van der Waals surface area contributed by atoms with Gasteiger partial charge in [0.05, 0.1) is 12.7 Å². The molecule has 2 aromatic rings. The van der Waals surface area contributed by atoms with E-state index in [0.717, 1.165) is 31.7 Å². The molecule has 0 saturated carbocycles.